The first-order valence-corrected chi connectivity index (χ1v) is 7.34. The number of aromatic amines is 1. The monoisotopic (exact) mass is 271 g/mol. The van der Waals surface area contributed by atoms with Crippen LogP contribution in [0.25, 0.3) is 11.4 Å². The fourth-order valence-electron chi connectivity index (χ4n) is 3.19. The van der Waals surface area contributed by atoms with Crippen molar-refractivity contribution in [3.63, 3.8) is 0 Å². The summed E-state index contributed by atoms with van der Waals surface area (Å²) in [4.78, 5) is 0. The van der Waals surface area contributed by atoms with Crippen LogP contribution in [-0.2, 0) is 0 Å². The molecular weight excluding hydrogens is 250 g/mol. The van der Waals surface area contributed by atoms with Crippen molar-refractivity contribution >= 4 is 5.69 Å². The van der Waals surface area contributed by atoms with Crippen LogP contribution in [0.1, 0.15) is 33.1 Å². The van der Waals surface area contributed by atoms with Crippen molar-refractivity contribution in [2.75, 3.05) is 5.32 Å². The van der Waals surface area contributed by atoms with Crippen molar-refractivity contribution < 1.29 is 0 Å². The summed E-state index contributed by atoms with van der Waals surface area (Å²) < 4.78 is 0. The van der Waals surface area contributed by atoms with E-state index in [1.165, 1.54) is 19.3 Å². The molecule has 0 saturated heterocycles. The fourth-order valence-corrected chi connectivity index (χ4v) is 3.19. The molecule has 1 aromatic heterocycles. The molecule has 1 aromatic carbocycles. The molecule has 1 aliphatic carbocycles. The maximum Gasteiger partial charge on any atom is 0.204 e. The van der Waals surface area contributed by atoms with E-state index in [0.717, 1.165) is 11.3 Å². The normalized spacial score (nSPS) is 26.4. The number of nitrogens with one attached hydrogen (secondary N) is 2. The molecule has 5 nitrogen and oxygen atoms in total. The summed E-state index contributed by atoms with van der Waals surface area (Å²) in [7, 11) is 0. The molecule has 1 aliphatic rings. The number of aromatic nitrogens is 4. The zero-order valence-electron chi connectivity index (χ0n) is 12.0. The molecule has 1 heterocycles. The number of nitrogens with zero attached hydrogens (tertiary/aromatic N) is 3. The summed E-state index contributed by atoms with van der Waals surface area (Å²) in [5, 5.41) is 17.9. The number of hydrogen-bond acceptors (Lipinski definition) is 4. The van der Waals surface area contributed by atoms with Gasteiger partial charge in [0.05, 0.1) is 0 Å². The Labute approximate surface area is 119 Å². The smallest absolute Gasteiger partial charge is 0.204 e. The molecule has 106 valence electrons. The third-order valence-corrected chi connectivity index (χ3v) is 4.34. The van der Waals surface area contributed by atoms with Crippen molar-refractivity contribution in [2.24, 2.45) is 11.8 Å². The number of rotatable bonds is 3. The Morgan fingerprint density at radius 3 is 2.70 bits per heavy atom. The van der Waals surface area contributed by atoms with E-state index < -0.39 is 0 Å². The van der Waals surface area contributed by atoms with Gasteiger partial charge in [-0.15, -0.1) is 10.2 Å². The fraction of sp³-hybridized carbons (Fsp3) is 0.533. The Bertz CT molecular complexity index is 541. The van der Waals surface area contributed by atoms with Crippen molar-refractivity contribution in [2.45, 2.75) is 39.2 Å². The lowest BCUT2D eigenvalue weighted by Crippen LogP contribution is -2.37. The second-order valence-corrected chi connectivity index (χ2v) is 5.87. The second-order valence-electron chi connectivity index (χ2n) is 5.87. The van der Waals surface area contributed by atoms with Gasteiger partial charge in [-0.3, -0.25) is 0 Å². The number of benzene rings is 1. The first-order chi connectivity index (χ1) is 9.74. The maximum atomic E-state index is 4.03. The predicted molar refractivity (Wildman–Crippen MR) is 79.2 cm³/mol. The summed E-state index contributed by atoms with van der Waals surface area (Å²) >= 11 is 0. The zero-order valence-corrected chi connectivity index (χ0v) is 12.0. The van der Waals surface area contributed by atoms with Crippen LogP contribution in [0.4, 0.5) is 5.69 Å². The van der Waals surface area contributed by atoms with E-state index in [1.807, 2.05) is 12.1 Å². The molecule has 2 atom stereocenters. The average Bonchev–Trinajstić information content (AvgIpc) is 2.98. The molecule has 0 amide bonds. The van der Waals surface area contributed by atoms with Gasteiger partial charge in [-0.2, -0.15) is 5.21 Å². The average molecular weight is 271 g/mol. The standard InChI is InChI=1S/C15H21N5/c1-10-5-3-6-11(2)14(10)16-13-8-4-7-12(9-13)15-17-19-20-18-15/h4,7-11,14,16H,3,5-6H2,1-2H3,(H,17,18,19,20). The highest BCUT2D eigenvalue weighted by Gasteiger charge is 2.27. The Morgan fingerprint density at radius 2 is 2.00 bits per heavy atom. The second kappa shape index (κ2) is 5.61. The third kappa shape index (κ3) is 2.66. The van der Waals surface area contributed by atoms with Gasteiger partial charge in [-0.25, -0.2) is 0 Å². The number of H-pyrrole nitrogens is 1. The highest BCUT2D eigenvalue weighted by atomic mass is 15.5. The summed E-state index contributed by atoms with van der Waals surface area (Å²) in [6, 6.07) is 8.79. The molecule has 2 unspecified atom stereocenters. The summed E-state index contributed by atoms with van der Waals surface area (Å²) in [5.74, 6) is 2.07. The van der Waals surface area contributed by atoms with E-state index in [0.29, 0.717) is 23.7 Å². The van der Waals surface area contributed by atoms with Crippen molar-refractivity contribution in [3.05, 3.63) is 24.3 Å². The number of tetrazole rings is 1. The minimum atomic E-state index is 0.546. The van der Waals surface area contributed by atoms with Gasteiger partial charge in [0.15, 0.2) is 0 Å². The molecule has 2 N–H and O–H groups in total. The van der Waals surface area contributed by atoms with Crippen molar-refractivity contribution in [1.82, 2.24) is 20.6 Å². The van der Waals surface area contributed by atoms with Crippen LogP contribution in [0.5, 0.6) is 0 Å². The Hall–Kier alpha value is -1.91. The first-order valence-electron chi connectivity index (χ1n) is 7.34. The molecule has 0 bridgehead atoms. The molecule has 3 rings (SSSR count). The van der Waals surface area contributed by atoms with Gasteiger partial charge in [0.2, 0.25) is 5.82 Å². The molecule has 5 heteroatoms. The molecular formula is C15H21N5. The Kier molecular flexibility index (Phi) is 3.67. The van der Waals surface area contributed by atoms with Gasteiger partial charge >= 0.3 is 0 Å². The number of hydrogen-bond donors (Lipinski definition) is 2. The lowest BCUT2D eigenvalue weighted by atomic mass is 9.78. The van der Waals surface area contributed by atoms with Gasteiger partial charge in [0.25, 0.3) is 0 Å². The van der Waals surface area contributed by atoms with Gasteiger partial charge in [-0.1, -0.05) is 32.4 Å². The Morgan fingerprint density at radius 1 is 1.20 bits per heavy atom. The summed E-state index contributed by atoms with van der Waals surface area (Å²) in [6.45, 7) is 4.69. The highest BCUT2D eigenvalue weighted by molar-refractivity contribution is 5.62. The SMILES string of the molecule is CC1CCCC(C)C1Nc1cccc(-c2nn[nH]n2)c1. The third-order valence-electron chi connectivity index (χ3n) is 4.34. The summed E-state index contributed by atoms with van der Waals surface area (Å²) in [5.41, 5.74) is 2.12. The molecule has 0 aliphatic heterocycles. The van der Waals surface area contributed by atoms with Gasteiger partial charge in [0, 0.05) is 17.3 Å². The van der Waals surface area contributed by atoms with Gasteiger partial charge in [0.1, 0.15) is 0 Å². The van der Waals surface area contributed by atoms with Crippen LogP contribution in [-0.4, -0.2) is 26.7 Å². The maximum absolute atomic E-state index is 4.03. The van der Waals surface area contributed by atoms with E-state index in [2.05, 4.69) is 51.9 Å². The van der Waals surface area contributed by atoms with Crippen LogP contribution in [0.2, 0.25) is 0 Å². The lowest BCUT2D eigenvalue weighted by Gasteiger charge is -2.36. The minimum Gasteiger partial charge on any atom is -0.382 e. The molecule has 0 spiro atoms. The Balaban J connectivity index is 1.79. The van der Waals surface area contributed by atoms with E-state index >= 15 is 0 Å². The summed E-state index contributed by atoms with van der Waals surface area (Å²) in [6.07, 6.45) is 3.97. The highest BCUT2D eigenvalue weighted by Crippen LogP contribution is 2.31. The van der Waals surface area contributed by atoms with Crippen LogP contribution in [0.3, 0.4) is 0 Å². The van der Waals surface area contributed by atoms with Crippen LogP contribution >= 0.6 is 0 Å². The first kappa shape index (κ1) is 13.1. The number of anilines is 1. The molecule has 0 radical (unpaired) electrons. The molecule has 2 aromatic rings. The van der Waals surface area contributed by atoms with Gasteiger partial charge in [-0.05, 0) is 42.0 Å². The molecule has 1 fully saturated rings. The predicted octanol–water partition coefficient (Wildman–Crippen LogP) is 3.10. The van der Waals surface area contributed by atoms with Gasteiger partial charge < -0.3 is 5.32 Å². The lowest BCUT2D eigenvalue weighted by molar-refractivity contribution is 0.268. The van der Waals surface area contributed by atoms with E-state index in [1.54, 1.807) is 0 Å². The van der Waals surface area contributed by atoms with E-state index in [-0.39, 0.29) is 0 Å². The quantitative estimate of drug-likeness (QED) is 0.900. The topological polar surface area (TPSA) is 66.5 Å². The molecule has 1 saturated carbocycles. The largest absolute Gasteiger partial charge is 0.382 e. The minimum absolute atomic E-state index is 0.546. The van der Waals surface area contributed by atoms with E-state index in [9.17, 15) is 0 Å². The van der Waals surface area contributed by atoms with E-state index in [4.69, 9.17) is 0 Å². The van der Waals surface area contributed by atoms with Crippen molar-refractivity contribution in [1.29, 1.82) is 0 Å². The molecule has 20 heavy (non-hydrogen) atoms. The van der Waals surface area contributed by atoms with Crippen molar-refractivity contribution in [3.8, 4) is 11.4 Å². The van der Waals surface area contributed by atoms with Crippen LogP contribution in [0, 0.1) is 11.8 Å². The van der Waals surface area contributed by atoms with Crippen LogP contribution in [0.15, 0.2) is 24.3 Å². The zero-order chi connectivity index (χ0) is 13.9. The van der Waals surface area contributed by atoms with Crippen LogP contribution < -0.4 is 5.32 Å².